The van der Waals surface area contributed by atoms with Crippen molar-refractivity contribution in [1.82, 2.24) is 0 Å². The number of aryl methyl sites for hydroxylation is 1. The van der Waals surface area contributed by atoms with Crippen LogP contribution >= 0.6 is 11.6 Å². The van der Waals surface area contributed by atoms with Crippen molar-refractivity contribution in [2.75, 3.05) is 13.7 Å². The largest absolute Gasteiger partial charge is 0.494 e. The van der Waals surface area contributed by atoms with Gasteiger partial charge in [-0.2, -0.15) is 0 Å². The molecule has 0 amide bonds. The Morgan fingerprint density at radius 1 is 1.41 bits per heavy atom. The SMILES string of the molecule is CCOc1cc(C)c(Cl)cc1C(CC)CC1CC1C(=O)OC. The van der Waals surface area contributed by atoms with E-state index in [-0.39, 0.29) is 11.9 Å². The zero-order valence-electron chi connectivity index (χ0n) is 13.8. The van der Waals surface area contributed by atoms with Crippen LogP contribution in [0, 0.1) is 18.8 Å². The molecule has 3 atom stereocenters. The Hall–Kier alpha value is -1.22. The van der Waals surface area contributed by atoms with E-state index in [0.29, 0.717) is 18.4 Å². The van der Waals surface area contributed by atoms with E-state index in [1.807, 2.05) is 26.0 Å². The Morgan fingerprint density at radius 2 is 2.14 bits per heavy atom. The zero-order valence-corrected chi connectivity index (χ0v) is 14.6. The summed E-state index contributed by atoms with van der Waals surface area (Å²) in [4.78, 5) is 11.6. The van der Waals surface area contributed by atoms with Crippen LogP contribution in [-0.2, 0) is 9.53 Å². The van der Waals surface area contributed by atoms with Crippen molar-refractivity contribution < 1.29 is 14.3 Å². The molecule has 1 aliphatic carbocycles. The molecule has 1 aromatic carbocycles. The summed E-state index contributed by atoms with van der Waals surface area (Å²) in [6.07, 6.45) is 2.92. The van der Waals surface area contributed by atoms with Crippen molar-refractivity contribution in [3.63, 3.8) is 0 Å². The highest BCUT2D eigenvalue weighted by atomic mass is 35.5. The van der Waals surface area contributed by atoms with E-state index in [1.165, 1.54) is 7.11 Å². The molecule has 2 rings (SSSR count). The fourth-order valence-corrected chi connectivity index (χ4v) is 3.27. The highest BCUT2D eigenvalue weighted by Gasteiger charge is 2.44. The van der Waals surface area contributed by atoms with Crippen LogP contribution in [-0.4, -0.2) is 19.7 Å². The van der Waals surface area contributed by atoms with Crippen LogP contribution in [0.2, 0.25) is 5.02 Å². The minimum atomic E-state index is -0.0770. The molecule has 1 fully saturated rings. The van der Waals surface area contributed by atoms with Gasteiger partial charge in [0.1, 0.15) is 5.75 Å². The van der Waals surface area contributed by atoms with Gasteiger partial charge in [0, 0.05) is 5.02 Å². The molecule has 122 valence electrons. The molecule has 1 saturated carbocycles. The van der Waals surface area contributed by atoms with Gasteiger partial charge in [0.25, 0.3) is 0 Å². The lowest BCUT2D eigenvalue weighted by atomic mass is 9.89. The predicted molar refractivity (Wildman–Crippen MR) is 88.6 cm³/mol. The van der Waals surface area contributed by atoms with E-state index in [2.05, 4.69) is 6.92 Å². The van der Waals surface area contributed by atoms with Gasteiger partial charge in [0.2, 0.25) is 0 Å². The fourth-order valence-electron chi connectivity index (χ4n) is 3.10. The molecule has 0 saturated heterocycles. The molecule has 1 aromatic rings. The summed E-state index contributed by atoms with van der Waals surface area (Å²) in [5, 5.41) is 0.775. The molecule has 0 heterocycles. The third-order valence-corrected chi connectivity index (χ3v) is 4.94. The molecule has 0 aliphatic heterocycles. The lowest BCUT2D eigenvalue weighted by Gasteiger charge is -2.20. The van der Waals surface area contributed by atoms with Crippen molar-refractivity contribution in [1.29, 1.82) is 0 Å². The Morgan fingerprint density at radius 3 is 2.73 bits per heavy atom. The molecular formula is C18H25ClO3. The van der Waals surface area contributed by atoms with E-state index in [0.717, 1.165) is 41.2 Å². The average molecular weight is 325 g/mol. The molecule has 22 heavy (non-hydrogen) atoms. The summed E-state index contributed by atoms with van der Waals surface area (Å²) >= 11 is 6.31. The highest BCUT2D eigenvalue weighted by Crippen LogP contribution is 2.48. The molecule has 3 nitrogen and oxygen atoms in total. The maximum absolute atomic E-state index is 11.6. The first-order chi connectivity index (χ1) is 10.5. The lowest BCUT2D eigenvalue weighted by molar-refractivity contribution is -0.142. The second-order valence-corrected chi connectivity index (χ2v) is 6.45. The summed E-state index contributed by atoms with van der Waals surface area (Å²) < 4.78 is 10.6. The number of benzene rings is 1. The first-order valence-electron chi connectivity index (χ1n) is 8.02. The normalized spacial score (nSPS) is 21.3. The molecule has 0 bridgehead atoms. The number of ether oxygens (including phenoxy) is 2. The third kappa shape index (κ3) is 3.75. The number of hydrogen-bond acceptors (Lipinski definition) is 3. The van der Waals surface area contributed by atoms with Crippen LogP contribution < -0.4 is 4.74 Å². The van der Waals surface area contributed by atoms with Crippen molar-refractivity contribution in [3.8, 4) is 5.75 Å². The van der Waals surface area contributed by atoms with Crippen LogP contribution in [0.3, 0.4) is 0 Å². The molecule has 1 aliphatic rings. The highest BCUT2D eigenvalue weighted by molar-refractivity contribution is 6.31. The summed E-state index contributed by atoms with van der Waals surface area (Å²) in [7, 11) is 1.46. The van der Waals surface area contributed by atoms with E-state index < -0.39 is 0 Å². The van der Waals surface area contributed by atoms with Gasteiger partial charge in [-0.1, -0.05) is 18.5 Å². The molecule has 0 aromatic heterocycles. The van der Waals surface area contributed by atoms with Gasteiger partial charge in [-0.15, -0.1) is 0 Å². The summed E-state index contributed by atoms with van der Waals surface area (Å²) in [5.41, 5.74) is 2.19. The average Bonchev–Trinajstić information content (AvgIpc) is 3.27. The van der Waals surface area contributed by atoms with Crippen LogP contribution in [0.15, 0.2) is 12.1 Å². The molecule has 4 heteroatoms. The Bertz CT molecular complexity index is 541. The predicted octanol–water partition coefficient (Wildman–Crippen LogP) is 4.74. The molecule has 0 radical (unpaired) electrons. The van der Waals surface area contributed by atoms with Gasteiger partial charge < -0.3 is 9.47 Å². The van der Waals surface area contributed by atoms with Gasteiger partial charge in [0.15, 0.2) is 0 Å². The number of esters is 1. The van der Waals surface area contributed by atoms with Crippen molar-refractivity contribution >= 4 is 17.6 Å². The smallest absolute Gasteiger partial charge is 0.308 e. The monoisotopic (exact) mass is 324 g/mol. The number of carbonyl (C=O) groups is 1. The number of hydrogen-bond donors (Lipinski definition) is 0. The molecule has 3 unspecified atom stereocenters. The zero-order chi connectivity index (χ0) is 16.3. The van der Waals surface area contributed by atoms with Crippen LogP contribution in [0.5, 0.6) is 5.75 Å². The minimum absolute atomic E-state index is 0.0770. The minimum Gasteiger partial charge on any atom is -0.494 e. The van der Waals surface area contributed by atoms with Crippen molar-refractivity contribution in [3.05, 3.63) is 28.3 Å². The number of rotatable bonds is 7. The van der Waals surface area contributed by atoms with Crippen LogP contribution in [0.25, 0.3) is 0 Å². The first-order valence-corrected chi connectivity index (χ1v) is 8.40. The standard InChI is InChI=1S/C18H25ClO3/c1-5-12(8-13-9-15(13)18(20)21-4)14-10-16(19)11(3)7-17(14)22-6-2/h7,10,12-13,15H,5-6,8-9H2,1-4H3. The van der Waals surface area contributed by atoms with E-state index in [4.69, 9.17) is 21.1 Å². The van der Waals surface area contributed by atoms with Crippen LogP contribution in [0.1, 0.15) is 50.2 Å². The van der Waals surface area contributed by atoms with Gasteiger partial charge in [-0.05, 0) is 68.2 Å². The Kier molecular flexibility index (Phi) is 5.74. The Balaban J connectivity index is 2.17. The number of methoxy groups -OCH3 is 1. The topological polar surface area (TPSA) is 35.5 Å². The van der Waals surface area contributed by atoms with E-state index in [9.17, 15) is 4.79 Å². The second-order valence-electron chi connectivity index (χ2n) is 6.04. The summed E-state index contributed by atoms with van der Waals surface area (Å²) in [5.74, 6) is 1.71. The fraction of sp³-hybridized carbons (Fsp3) is 0.611. The van der Waals surface area contributed by atoms with E-state index >= 15 is 0 Å². The number of halogens is 1. The van der Waals surface area contributed by atoms with Crippen LogP contribution in [0.4, 0.5) is 0 Å². The van der Waals surface area contributed by atoms with E-state index in [1.54, 1.807) is 0 Å². The number of carbonyl (C=O) groups excluding carboxylic acids is 1. The second kappa shape index (κ2) is 7.36. The maximum atomic E-state index is 11.6. The maximum Gasteiger partial charge on any atom is 0.308 e. The lowest BCUT2D eigenvalue weighted by Crippen LogP contribution is -2.08. The van der Waals surface area contributed by atoms with Gasteiger partial charge in [-0.3, -0.25) is 4.79 Å². The quantitative estimate of drug-likeness (QED) is 0.679. The van der Waals surface area contributed by atoms with Gasteiger partial charge >= 0.3 is 5.97 Å². The molecule has 0 spiro atoms. The van der Waals surface area contributed by atoms with Gasteiger partial charge in [-0.25, -0.2) is 0 Å². The molecular weight excluding hydrogens is 300 g/mol. The summed E-state index contributed by atoms with van der Waals surface area (Å²) in [6.45, 7) is 6.79. The first kappa shape index (κ1) is 17.1. The molecule has 0 N–H and O–H groups in total. The Labute approximate surface area is 137 Å². The summed E-state index contributed by atoms with van der Waals surface area (Å²) in [6, 6.07) is 4.06. The van der Waals surface area contributed by atoms with Crippen molar-refractivity contribution in [2.24, 2.45) is 11.8 Å². The van der Waals surface area contributed by atoms with Gasteiger partial charge in [0.05, 0.1) is 19.6 Å². The van der Waals surface area contributed by atoms with Crippen molar-refractivity contribution in [2.45, 2.75) is 46.0 Å². The third-order valence-electron chi connectivity index (χ3n) is 4.54.